The molecule has 0 unspecified atom stereocenters. The van der Waals surface area contributed by atoms with E-state index in [-0.39, 0.29) is 0 Å². The second-order valence-electron chi connectivity index (χ2n) is 6.13. The van der Waals surface area contributed by atoms with E-state index >= 15 is 0 Å². The number of hydrogen-bond acceptors (Lipinski definition) is 2. The molecule has 0 amide bonds. The fourth-order valence-corrected chi connectivity index (χ4v) is 3.07. The zero-order valence-corrected chi connectivity index (χ0v) is 12.7. The lowest BCUT2D eigenvalue weighted by Crippen LogP contribution is -2.34. The van der Waals surface area contributed by atoms with Gasteiger partial charge in [0.05, 0.1) is 0 Å². The third kappa shape index (κ3) is 6.19. The van der Waals surface area contributed by atoms with Crippen molar-refractivity contribution in [2.24, 2.45) is 17.6 Å². The Bertz CT molecular complexity index is 178. The summed E-state index contributed by atoms with van der Waals surface area (Å²) in [6, 6.07) is 0. The fourth-order valence-electron chi connectivity index (χ4n) is 3.07. The van der Waals surface area contributed by atoms with E-state index in [4.69, 9.17) is 5.73 Å². The summed E-state index contributed by atoms with van der Waals surface area (Å²) in [6.07, 6.45) is 10.9. The summed E-state index contributed by atoms with van der Waals surface area (Å²) >= 11 is 0. The molecular formula is C16H34N2. The Balaban J connectivity index is 2.26. The van der Waals surface area contributed by atoms with Crippen LogP contribution < -0.4 is 5.73 Å². The molecular weight excluding hydrogens is 220 g/mol. The first-order valence-corrected chi connectivity index (χ1v) is 8.22. The van der Waals surface area contributed by atoms with Crippen molar-refractivity contribution in [3.63, 3.8) is 0 Å². The molecule has 1 rings (SSSR count). The Hall–Kier alpha value is -0.0800. The Morgan fingerprint density at radius 2 is 1.39 bits per heavy atom. The third-order valence-electron chi connectivity index (χ3n) is 4.47. The summed E-state index contributed by atoms with van der Waals surface area (Å²) in [4.78, 5) is 2.72. The standard InChI is InChI=1S/C16H34N2/c1-3-5-11-18(12-6-4-2)14-16-9-7-15(13-17)8-10-16/h15-16H,3-14,17H2,1-2H3. The van der Waals surface area contributed by atoms with Crippen molar-refractivity contribution in [3.05, 3.63) is 0 Å². The molecule has 0 saturated heterocycles. The number of rotatable bonds is 9. The fraction of sp³-hybridized carbons (Fsp3) is 1.00. The zero-order valence-electron chi connectivity index (χ0n) is 12.7. The van der Waals surface area contributed by atoms with Gasteiger partial charge in [-0.1, -0.05) is 26.7 Å². The van der Waals surface area contributed by atoms with Crippen LogP contribution in [-0.2, 0) is 0 Å². The van der Waals surface area contributed by atoms with Gasteiger partial charge in [-0.25, -0.2) is 0 Å². The highest BCUT2D eigenvalue weighted by Gasteiger charge is 2.21. The van der Waals surface area contributed by atoms with Gasteiger partial charge < -0.3 is 10.6 Å². The average Bonchev–Trinajstić information content (AvgIpc) is 2.42. The molecule has 1 fully saturated rings. The Morgan fingerprint density at radius 1 is 0.889 bits per heavy atom. The summed E-state index contributed by atoms with van der Waals surface area (Å²) in [7, 11) is 0. The van der Waals surface area contributed by atoms with Crippen molar-refractivity contribution in [1.29, 1.82) is 0 Å². The SMILES string of the molecule is CCCCN(CCCC)CC1CCC(CN)CC1. The van der Waals surface area contributed by atoms with E-state index in [9.17, 15) is 0 Å². The Kier molecular flexibility index (Phi) is 8.70. The van der Waals surface area contributed by atoms with Gasteiger partial charge >= 0.3 is 0 Å². The molecule has 0 atom stereocenters. The Labute approximate surface area is 114 Å². The van der Waals surface area contributed by atoms with Crippen LogP contribution in [0.5, 0.6) is 0 Å². The minimum Gasteiger partial charge on any atom is -0.330 e. The molecule has 1 aliphatic carbocycles. The van der Waals surface area contributed by atoms with Crippen LogP contribution in [0.15, 0.2) is 0 Å². The van der Waals surface area contributed by atoms with Gasteiger partial charge in [-0.15, -0.1) is 0 Å². The molecule has 0 aromatic rings. The first kappa shape index (κ1) is 16.0. The van der Waals surface area contributed by atoms with E-state index in [1.165, 1.54) is 71.0 Å². The summed E-state index contributed by atoms with van der Waals surface area (Å²) in [5, 5.41) is 0. The maximum atomic E-state index is 5.77. The van der Waals surface area contributed by atoms with Crippen molar-refractivity contribution in [2.45, 2.75) is 65.2 Å². The highest BCUT2D eigenvalue weighted by atomic mass is 15.1. The van der Waals surface area contributed by atoms with Crippen LogP contribution in [0.3, 0.4) is 0 Å². The zero-order chi connectivity index (χ0) is 13.2. The first-order chi connectivity index (χ1) is 8.80. The van der Waals surface area contributed by atoms with Crippen molar-refractivity contribution in [1.82, 2.24) is 4.90 Å². The van der Waals surface area contributed by atoms with E-state index < -0.39 is 0 Å². The number of nitrogens with zero attached hydrogens (tertiary/aromatic N) is 1. The monoisotopic (exact) mass is 254 g/mol. The quantitative estimate of drug-likeness (QED) is 0.680. The van der Waals surface area contributed by atoms with E-state index in [1.807, 2.05) is 0 Å². The van der Waals surface area contributed by atoms with Gasteiger partial charge in [0.2, 0.25) is 0 Å². The van der Waals surface area contributed by atoms with Gasteiger partial charge in [0.15, 0.2) is 0 Å². The van der Waals surface area contributed by atoms with Crippen LogP contribution in [0.25, 0.3) is 0 Å². The second-order valence-corrected chi connectivity index (χ2v) is 6.13. The molecule has 0 spiro atoms. The molecule has 0 heterocycles. The maximum Gasteiger partial charge on any atom is 0.000966 e. The maximum absolute atomic E-state index is 5.77. The average molecular weight is 254 g/mol. The number of nitrogens with two attached hydrogens (primary N) is 1. The minimum absolute atomic E-state index is 0.820. The van der Waals surface area contributed by atoms with Crippen LogP contribution in [0, 0.1) is 11.8 Å². The first-order valence-electron chi connectivity index (χ1n) is 8.22. The van der Waals surface area contributed by atoms with Crippen LogP contribution in [0.4, 0.5) is 0 Å². The smallest absolute Gasteiger partial charge is 0.000966 e. The van der Waals surface area contributed by atoms with Crippen molar-refractivity contribution in [2.75, 3.05) is 26.2 Å². The summed E-state index contributed by atoms with van der Waals surface area (Å²) < 4.78 is 0. The highest BCUT2D eigenvalue weighted by Crippen LogP contribution is 2.28. The van der Waals surface area contributed by atoms with Crippen molar-refractivity contribution in [3.8, 4) is 0 Å². The molecule has 1 aliphatic rings. The molecule has 108 valence electrons. The lowest BCUT2D eigenvalue weighted by atomic mass is 9.82. The molecule has 0 aliphatic heterocycles. The third-order valence-corrected chi connectivity index (χ3v) is 4.47. The lowest BCUT2D eigenvalue weighted by molar-refractivity contribution is 0.178. The Morgan fingerprint density at radius 3 is 1.83 bits per heavy atom. The van der Waals surface area contributed by atoms with E-state index in [0.29, 0.717) is 0 Å². The molecule has 0 aromatic heterocycles. The van der Waals surface area contributed by atoms with Gasteiger partial charge in [0.1, 0.15) is 0 Å². The molecule has 2 N–H and O–H groups in total. The second kappa shape index (κ2) is 9.80. The lowest BCUT2D eigenvalue weighted by Gasteiger charge is -2.32. The number of unbranched alkanes of at least 4 members (excludes halogenated alkanes) is 2. The van der Waals surface area contributed by atoms with Gasteiger partial charge in [-0.2, -0.15) is 0 Å². The van der Waals surface area contributed by atoms with Crippen molar-refractivity contribution < 1.29 is 0 Å². The molecule has 18 heavy (non-hydrogen) atoms. The van der Waals surface area contributed by atoms with Crippen LogP contribution in [0.2, 0.25) is 0 Å². The molecule has 2 nitrogen and oxygen atoms in total. The van der Waals surface area contributed by atoms with E-state index in [0.717, 1.165) is 18.4 Å². The van der Waals surface area contributed by atoms with E-state index in [2.05, 4.69) is 18.7 Å². The molecule has 1 saturated carbocycles. The largest absolute Gasteiger partial charge is 0.330 e. The van der Waals surface area contributed by atoms with Gasteiger partial charge in [-0.3, -0.25) is 0 Å². The molecule has 0 radical (unpaired) electrons. The summed E-state index contributed by atoms with van der Waals surface area (Å²) in [6.45, 7) is 9.47. The minimum atomic E-state index is 0.820. The summed E-state index contributed by atoms with van der Waals surface area (Å²) in [5.41, 5.74) is 5.77. The molecule has 2 heteroatoms. The normalized spacial score (nSPS) is 24.7. The highest BCUT2D eigenvalue weighted by molar-refractivity contribution is 4.75. The van der Waals surface area contributed by atoms with Gasteiger partial charge in [-0.05, 0) is 70.0 Å². The molecule has 0 aromatic carbocycles. The van der Waals surface area contributed by atoms with E-state index in [1.54, 1.807) is 0 Å². The summed E-state index contributed by atoms with van der Waals surface area (Å²) in [5.74, 6) is 1.77. The van der Waals surface area contributed by atoms with Gasteiger partial charge in [0.25, 0.3) is 0 Å². The van der Waals surface area contributed by atoms with Crippen LogP contribution in [-0.4, -0.2) is 31.1 Å². The predicted molar refractivity (Wildman–Crippen MR) is 80.8 cm³/mol. The van der Waals surface area contributed by atoms with Crippen LogP contribution >= 0.6 is 0 Å². The number of hydrogen-bond donors (Lipinski definition) is 1. The van der Waals surface area contributed by atoms with Crippen molar-refractivity contribution >= 4 is 0 Å². The van der Waals surface area contributed by atoms with Crippen LogP contribution in [0.1, 0.15) is 65.2 Å². The topological polar surface area (TPSA) is 29.3 Å². The predicted octanol–water partition coefficient (Wildman–Crippen LogP) is 3.65. The van der Waals surface area contributed by atoms with Gasteiger partial charge in [0, 0.05) is 6.54 Å². The molecule has 0 bridgehead atoms.